The second-order valence-electron chi connectivity index (χ2n) is 16.4. The van der Waals surface area contributed by atoms with Gasteiger partial charge in [0, 0.05) is 616 Å². The van der Waals surface area contributed by atoms with Crippen LogP contribution in [0.5, 0.6) is 0 Å². The van der Waals surface area contributed by atoms with Crippen LogP contribution in [0.1, 0.15) is 0 Å². The van der Waals surface area contributed by atoms with Gasteiger partial charge in [-0.1, -0.05) is 0 Å². The zero-order valence-electron chi connectivity index (χ0n) is 50.2. The first-order valence-electron chi connectivity index (χ1n) is 28.7. The molecule has 0 rings (SSSR count). The second-order valence-corrected chi connectivity index (χ2v) is 16.4. The van der Waals surface area contributed by atoms with Gasteiger partial charge < -0.3 is 0 Å². The van der Waals surface area contributed by atoms with E-state index in [-0.39, 0.29) is 0 Å². The van der Waals surface area contributed by atoms with Gasteiger partial charge in [-0.05, 0) is 0 Å². The van der Waals surface area contributed by atoms with Gasteiger partial charge in [-0.2, -0.15) is 0 Å². The summed E-state index contributed by atoms with van der Waals surface area (Å²) in [6.45, 7) is 0. The molecule has 0 unspecified atom stereocenters. The molecule has 0 nitrogen and oxygen atoms in total. The summed E-state index contributed by atoms with van der Waals surface area (Å²) in [6, 6.07) is 0. The summed E-state index contributed by atoms with van der Waals surface area (Å²) in [4.78, 5) is 0. The SMILES string of the molecule is [B][B][B][B][B][B][B][B][B][B][B][B][B][B][B][B][B][B][B][B][B][B][B][B][B][B][B][B][B][B][B][B][B][B][B][B][B][B][B][B][B][B][B][B][B][B][B][B][B][B][B][B][B][B][B][B][B][B][B][B][B][B][B][B][B][B][B][B][B][B][B][B][B][B][B][B][B][B][B][B][B][B][B][B][B][B][B]. The predicted molar refractivity (Wildman–Crippen MR) is 501 cm³/mol. The molecule has 0 saturated carbocycles. The molecule has 89 radical (unpaired) electrons. The molecule has 0 N–H and O–H groups in total. The molecule has 0 aromatic carbocycles. The van der Waals surface area contributed by atoms with Gasteiger partial charge in [-0.3, -0.25) is 0 Å². The Labute approximate surface area is 609 Å². The van der Waals surface area contributed by atoms with Crippen LogP contribution < -0.4 is 0 Å². The van der Waals surface area contributed by atoms with E-state index < -0.39 is 0 Å². The van der Waals surface area contributed by atoms with Crippen LogP contribution in [0, 0.1) is 0 Å². The van der Waals surface area contributed by atoms with Crippen molar-refractivity contribution in [3.8, 4) is 0 Å². The highest BCUT2D eigenvalue weighted by atomic mass is 12.9. The summed E-state index contributed by atoms with van der Waals surface area (Å²) >= 11 is 0. The maximum Gasteiger partial charge on any atom is 0 e. The lowest BCUT2D eigenvalue weighted by Gasteiger charge is -2.00. The van der Waals surface area contributed by atoms with Gasteiger partial charge in [-0.25, -0.2) is 0 Å². The van der Waals surface area contributed by atoms with Gasteiger partial charge in [0.15, 0.2) is 0 Å². The molecule has 0 amide bonds. The van der Waals surface area contributed by atoms with Crippen LogP contribution in [0.2, 0.25) is 0 Å². The topological polar surface area (TPSA) is 0 Å². The van der Waals surface area contributed by atoms with E-state index in [1.54, 1.807) is 14.1 Å². The molecule has 0 heterocycles. The van der Waals surface area contributed by atoms with Crippen LogP contribution in [0.15, 0.2) is 0 Å². The molecule has 0 aromatic heterocycles. The van der Waals surface area contributed by atoms with E-state index in [0.717, 1.165) is 0 Å². The Morgan fingerprint density at radius 3 is 0.126 bits per heavy atom. The highest BCUT2D eigenvalue weighted by Crippen LogP contribution is 1.70. The van der Waals surface area contributed by atoms with Crippen molar-refractivity contribution in [1.29, 1.82) is 0 Å². The van der Waals surface area contributed by atoms with Crippen molar-refractivity contribution in [2.24, 2.45) is 0 Å². The van der Waals surface area contributed by atoms with Gasteiger partial charge in [0.1, 0.15) is 0 Å². The molecule has 0 atom stereocenters. The average Bonchev–Trinajstić information content (AvgIpc) is 3.53. The molecule has 87 heavy (non-hydrogen) atoms. The molecular weight excluding hydrogens is 941 g/mol. The van der Waals surface area contributed by atoms with Gasteiger partial charge >= 0.3 is 0 Å². The Morgan fingerprint density at radius 2 is 0.0920 bits per heavy atom. The first kappa shape index (κ1) is 92.6. The smallest absolute Gasteiger partial charge is 0 e. The normalized spacial score (nSPS) is 7.86. The van der Waals surface area contributed by atoms with Crippen molar-refractivity contribution in [3.05, 3.63) is 0 Å². The van der Waals surface area contributed by atoms with E-state index in [4.69, 9.17) is 15.5 Å². The zero-order valence-corrected chi connectivity index (χ0v) is 50.2. The van der Waals surface area contributed by atoms with Crippen molar-refractivity contribution in [2.75, 3.05) is 0 Å². The van der Waals surface area contributed by atoms with Gasteiger partial charge in [-0.15, -0.1) is 0 Å². The Kier molecular flexibility index (Phi) is 97.6. The molecule has 0 aromatic rings. The van der Waals surface area contributed by atoms with Crippen LogP contribution in [-0.2, 0) is 0 Å². The van der Waals surface area contributed by atoms with E-state index in [1.165, 1.54) is 14.1 Å². The van der Waals surface area contributed by atoms with Crippen molar-refractivity contribution in [1.82, 2.24) is 0 Å². The lowest BCUT2D eigenvalue weighted by molar-refractivity contribution is 3.76. The van der Waals surface area contributed by atoms with Crippen molar-refractivity contribution in [2.45, 2.75) is 0 Å². The molecule has 0 saturated heterocycles. The lowest BCUT2D eigenvalue weighted by Crippen LogP contribution is -2.38. The van der Waals surface area contributed by atoms with E-state index >= 15 is 0 Å². The summed E-state index contributed by atoms with van der Waals surface area (Å²) in [5.41, 5.74) is 0. The molecule has 0 fully saturated rings. The number of hydrogen-bond acceptors (Lipinski definition) is 0. The Hall–Kier alpha value is 5.65. The summed E-state index contributed by atoms with van der Waals surface area (Å²) < 4.78 is 0. The maximum atomic E-state index is 5.27. The van der Waals surface area contributed by atoms with Crippen LogP contribution in [0.4, 0.5) is 0 Å². The van der Waals surface area contributed by atoms with Crippen LogP contribution >= 0.6 is 0 Å². The number of rotatable bonds is 84. The number of hydrogen-bond donors (Lipinski definition) is 0. The molecule has 0 aliphatic rings. The summed E-state index contributed by atoms with van der Waals surface area (Å²) in [7, 11) is 178. The maximum absolute atomic E-state index is 5.27. The fourth-order valence-corrected chi connectivity index (χ4v) is 5.32. The van der Waals surface area contributed by atoms with Crippen molar-refractivity contribution >= 4 is 616 Å². The molecule has 0 aliphatic heterocycles. The second kappa shape index (κ2) is 91.6. The van der Waals surface area contributed by atoms with Crippen LogP contribution in [0.3, 0.4) is 0 Å². The molecular formula is B87. The largest absolute Gasteiger partial charge is 0 e. The van der Waals surface area contributed by atoms with Gasteiger partial charge in [0.25, 0.3) is 0 Å². The minimum absolute atomic E-state index is 1.50. The zero-order chi connectivity index (χ0) is 62.1. The fourth-order valence-electron chi connectivity index (χ4n) is 5.32. The van der Waals surface area contributed by atoms with E-state index in [0.29, 0.717) is 0 Å². The van der Waals surface area contributed by atoms with Crippen LogP contribution in [-0.4, -0.2) is 616 Å². The summed E-state index contributed by atoms with van der Waals surface area (Å²) in [5, 5.41) is 0. The van der Waals surface area contributed by atoms with Gasteiger partial charge in [0.2, 0.25) is 0 Å². The third kappa shape index (κ3) is 91.6. The van der Waals surface area contributed by atoms with Crippen molar-refractivity contribution in [3.63, 3.8) is 0 Å². The third-order valence-corrected chi connectivity index (χ3v) is 9.33. The van der Waals surface area contributed by atoms with Crippen molar-refractivity contribution < 1.29 is 0 Å². The minimum atomic E-state index is 1.50. The molecule has 261 valence electrons. The first-order chi connectivity index (χ1) is 43.4. The molecule has 87 heteroatoms. The quantitative estimate of drug-likeness (QED) is 0.0421. The molecule has 0 spiro atoms. The summed E-state index contributed by atoms with van der Waals surface area (Å²) in [6.07, 6.45) is 0. The van der Waals surface area contributed by atoms with E-state index in [2.05, 4.69) is 0 Å². The summed E-state index contributed by atoms with van der Waals surface area (Å²) in [5.74, 6) is 0. The molecule has 0 aliphatic carbocycles. The third-order valence-electron chi connectivity index (χ3n) is 9.33. The highest BCUT2D eigenvalue weighted by Gasteiger charge is 2.08. The Morgan fingerprint density at radius 1 is 0.0575 bits per heavy atom. The lowest BCUT2D eigenvalue weighted by atomic mass is 8.81. The minimum Gasteiger partial charge on any atom is 0 e. The predicted octanol–water partition coefficient (Wildman–Crippen LogP) is -33.1. The molecule has 0 bridgehead atoms. The first-order valence-corrected chi connectivity index (χ1v) is 28.7. The fraction of sp³-hybridized carbons (Fsp3) is 0. The monoisotopic (exact) mass is 958 g/mol. The van der Waals surface area contributed by atoms with E-state index in [1.807, 2.05) is 572 Å². The average molecular weight is 941 g/mol. The Balaban J connectivity index is 3.08. The van der Waals surface area contributed by atoms with Crippen LogP contribution in [0.25, 0.3) is 0 Å². The highest BCUT2D eigenvalue weighted by molar-refractivity contribution is 7.83. The standard InChI is InChI=1S/B87/c1-3-5-7-9-11-13-15-17-19-21-23-25-27-29-31-33-35-37-39-41-43-45-47-49-51-53-55-57-59-61-63-65-67-69-71-73-75-77-79-81-83-85-87-86-84-82-80-78-76-74-72-70-68-66-64-62-60-58-56-54-52-50-48-46-44-42-40-38-36-34-32-30-28-26-24-22-20-18-16-14-12-10-8-6-4-2. The van der Waals surface area contributed by atoms with E-state index in [9.17, 15) is 0 Å². The van der Waals surface area contributed by atoms with Gasteiger partial charge in [0.05, 0.1) is 0 Å². The Bertz CT molecular complexity index is 1010.